The van der Waals surface area contributed by atoms with Crippen molar-refractivity contribution < 1.29 is 32.6 Å². The third-order valence-corrected chi connectivity index (χ3v) is 3.96. The molecule has 7 nitrogen and oxygen atoms in total. The van der Waals surface area contributed by atoms with E-state index in [4.69, 9.17) is 4.42 Å². The lowest BCUT2D eigenvalue weighted by molar-refractivity contribution is 0.102. The monoisotopic (exact) mass is 425 g/mol. The Morgan fingerprint density at radius 1 is 1.30 bits per heavy atom. The highest BCUT2D eigenvalue weighted by atomic mass is 19.3. The van der Waals surface area contributed by atoms with Crippen molar-refractivity contribution in [1.82, 2.24) is 5.32 Å². The Hall–Kier alpha value is -3.23. The minimum Gasteiger partial charge on any atom is -0.507 e. The number of unbranched alkanes of at least 4 members (excludes halogenated alkanes) is 1. The second kappa shape index (κ2) is 12.4. The summed E-state index contributed by atoms with van der Waals surface area (Å²) in [6.45, 7) is 2.91. The van der Waals surface area contributed by atoms with Gasteiger partial charge in [0, 0.05) is 25.1 Å². The maximum Gasteiger partial charge on any atom is 0.410 e. The van der Waals surface area contributed by atoms with E-state index >= 15 is 0 Å². The summed E-state index contributed by atoms with van der Waals surface area (Å²) in [5, 5.41) is 12.5. The fourth-order valence-corrected chi connectivity index (χ4v) is 2.38. The molecule has 0 fully saturated rings. The molecule has 0 aromatic carbocycles. The van der Waals surface area contributed by atoms with Gasteiger partial charge in [-0.2, -0.15) is 0 Å². The number of hydrogen-bond acceptors (Lipinski definition) is 6. The lowest BCUT2D eigenvalue weighted by Crippen LogP contribution is -2.16. The van der Waals surface area contributed by atoms with Gasteiger partial charge in [0.25, 0.3) is 0 Å². The van der Waals surface area contributed by atoms with E-state index in [1.54, 1.807) is 6.08 Å². The smallest absolute Gasteiger partial charge is 0.410 e. The van der Waals surface area contributed by atoms with E-state index in [1.165, 1.54) is 45.4 Å². The van der Waals surface area contributed by atoms with E-state index in [2.05, 4.69) is 10.1 Å². The Morgan fingerprint density at radius 3 is 2.60 bits per heavy atom. The van der Waals surface area contributed by atoms with Crippen molar-refractivity contribution in [3.8, 4) is 5.75 Å². The molecule has 1 rings (SSSR count). The van der Waals surface area contributed by atoms with Crippen LogP contribution in [0.25, 0.3) is 0 Å². The number of alkyl halides is 2. The van der Waals surface area contributed by atoms with Crippen molar-refractivity contribution in [1.29, 1.82) is 0 Å². The van der Waals surface area contributed by atoms with Crippen LogP contribution < -0.4 is 10.9 Å². The minimum absolute atomic E-state index is 0.0993. The fourth-order valence-electron chi connectivity index (χ4n) is 2.38. The van der Waals surface area contributed by atoms with Crippen LogP contribution in [0.4, 0.5) is 13.6 Å². The van der Waals surface area contributed by atoms with Crippen LogP contribution in [0, 0.1) is 0 Å². The number of hydrogen-bond donors (Lipinski definition) is 2. The van der Waals surface area contributed by atoms with Gasteiger partial charge in [-0.1, -0.05) is 23.8 Å². The van der Waals surface area contributed by atoms with Gasteiger partial charge in [0.2, 0.25) is 6.43 Å². The zero-order chi connectivity index (χ0) is 22.7. The van der Waals surface area contributed by atoms with Crippen LogP contribution in [0.5, 0.6) is 5.75 Å². The highest BCUT2D eigenvalue weighted by Crippen LogP contribution is 2.20. The molecule has 1 amide bonds. The Kier molecular flexibility index (Phi) is 10.2. The molecule has 1 aromatic rings. The van der Waals surface area contributed by atoms with Gasteiger partial charge in [0.15, 0.2) is 5.78 Å². The van der Waals surface area contributed by atoms with E-state index < -0.39 is 41.7 Å². The number of alkyl carbamates (subject to hydrolysis) is 1. The molecule has 30 heavy (non-hydrogen) atoms. The van der Waals surface area contributed by atoms with Gasteiger partial charge in [0.1, 0.15) is 17.1 Å². The molecular formula is C21H25F2NO6. The normalized spacial score (nSPS) is 12.5. The first-order valence-corrected chi connectivity index (χ1v) is 9.18. The number of amides is 1. The summed E-state index contributed by atoms with van der Waals surface area (Å²) in [6.07, 6.45) is 3.73. The van der Waals surface area contributed by atoms with Crippen LogP contribution in [0.2, 0.25) is 0 Å². The Morgan fingerprint density at radius 2 is 2.00 bits per heavy atom. The lowest BCUT2D eigenvalue weighted by Gasteiger charge is -2.05. The van der Waals surface area contributed by atoms with Crippen molar-refractivity contribution in [2.45, 2.75) is 46.0 Å². The van der Waals surface area contributed by atoms with Gasteiger partial charge in [-0.25, -0.2) is 18.4 Å². The standard InChI is InChI=1S/C21H25F2NO6/c1-13(11-17(22)23)8-9-14(2)19(26)18-16(25)12-15(30-20(18)27)7-5-4-6-10-24-21(28)29-3/h6,8-10,12,17,25H,4-5,7,11H2,1-3H3,(H,24,28)/b10-6+,13-8+,14-9+. The molecule has 9 heteroatoms. The molecule has 2 N–H and O–H groups in total. The van der Waals surface area contributed by atoms with E-state index in [-0.39, 0.29) is 11.3 Å². The Labute approximate surface area is 172 Å². The number of allylic oxidation sites excluding steroid dienone is 5. The van der Waals surface area contributed by atoms with E-state index in [0.717, 1.165) is 0 Å². The van der Waals surface area contributed by atoms with Crippen LogP contribution in [0.1, 0.15) is 49.2 Å². The van der Waals surface area contributed by atoms with Crippen LogP contribution in [0.3, 0.4) is 0 Å². The van der Waals surface area contributed by atoms with Crippen LogP contribution in [-0.2, 0) is 11.2 Å². The molecule has 0 aliphatic carbocycles. The first kappa shape index (κ1) is 24.8. The summed E-state index contributed by atoms with van der Waals surface area (Å²) < 4.78 is 34.2. The van der Waals surface area contributed by atoms with E-state index in [9.17, 15) is 28.3 Å². The zero-order valence-corrected chi connectivity index (χ0v) is 17.0. The maximum atomic E-state index is 12.4. The molecule has 0 radical (unpaired) electrons. The van der Waals surface area contributed by atoms with Crippen molar-refractivity contribution in [2.24, 2.45) is 0 Å². The highest BCUT2D eigenvalue weighted by molar-refractivity contribution is 6.09. The number of carbonyl (C=O) groups excluding carboxylic acids is 2. The minimum atomic E-state index is -2.49. The highest BCUT2D eigenvalue weighted by Gasteiger charge is 2.20. The summed E-state index contributed by atoms with van der Waals surface area (Å²) >= 11 is 0. The van der Waals surface area contributed by atoms with Gasteiger partial charge in [-0.05, 0) is 32.3 Å². The number of aryl methyl sites for hydroxylation is 1. The van der Waals surface area contributed by atoms with Crippen molar-refractivity contribution in [3.05, 3.63) is 63.4 Å². The SMILES string of the molecule is COC(=O)N/C=C/CCCc1cc(O)c(C(=O)/C(C)=C/C=C(\C)CC(F)F)c(=O)o1. The summed E-state index contributed by atoms with van der Waals surface area (Å²) in [5.41, 5.74) is -1.00. The predicted molar refractivity (Wildman–Crippen MR) is 107 cm³/mol. The topological polar surface area (TPSA) is 106 Å². The number of ether oxygens (including phenoxy) is 1. The molecule has 0 aliphatic rings. The van der Waals surface area contributed by atoms with E-state index in [0.29, 0.717) is 24.8 Å². The first-order chi connectivity index (χ1) is 14.1. The molecule has 0 atom stereocenters. The number of carbonyl (C=O) groups is 2. The van der Waals surface area contributed by atoms with Crippen LogP contribution >= 0.6 is 0 Å². The largest absolute Gasteiger partial charge is 0.507 e. The first-order valence-electron chi connectivity index (χ1n) is 9.18. The average Bonchev–Trinajstić information content (AvgIpc) is 2.67. The van der Waals surface area contributed by atoms with Crippen molar-refractivity contribution >= 4 is 11.9 Å². The zero-order valence-electron chi connectivity index (χ0n) is 17.0. The molecule has 0 bridgehead atoms. The molecule has 0 saturated heterocycles. The maximum absolute atomic E-state index is 12.4. The van der Waals surface area contributed by atoms with Crippen molar-refractivity contribution in [2.75, 3.05) is 7.11 Å². The quantitative estimate of drug-likeness (QED) is 0.251. The number of ketones is 1. The van der Waals surface area contributed by atoms with Gasteiger partial charge in [-0.15, -0.1) is 0 Å². The van der Waals surface area contributed by atoms with Gasteiger partial charge >= 0.3 is 11.7 Å². The molecule has 0 unspecified atom stereocenters. The van der Waals surface area contributed by atoms with Gasteiger partial charge in [-0.3, -0.25) is 10.1 Å². The molecule has 164 valence electrons. The molecular weight excluding hydrogens is 400 g/mol. The Bertz CT molecular complexity index is 899. The van der Waals surface area contributed by atoms with Crippen molar-refractivity contribution in [3.63, 3.8) is 0 Å². The van der Waals surface area contributed by atoms with Gasteiger partial charge in [0.05, 0.1) is 7.11 Å². The molecule has 1 heterocycles. The Balaban J connectivity index is 2.79. The summed E-state index contributed by atoms with van der Waals surface area (Å²) in [7, 11) is 1.24. The molecule has 0 spiro atoms. The molecule has 0 saturated carbocycles. The second-order valence-electron chi connectivity index (χ2n) is 6.48. The summed E-state index contributed by atoms with van der Waals surface area (Å²) in [4.78, 5) is 35.5. The molecule has 1 aromatic heterocycles. The second-order valence-corrected chi connectivity index (χ2v) is 6.48. The predicted octanol–water partition coefficient (Wildman–Crippen LogP) is 4.27. The lowest BCUT2D eigenvalue weighted by atomic mass is 10.0. The summed E-state index contributed by atoms with van der Waals surface area (Å²) in [6, 6.07) is 1.20. The van der Waals surface area contributed by atoms with Gasteiger partial charge < -0.3 is 14.3 Å². The average molecular weight is 425 g/mol. The fraction of sp³-hybridized carbons (Fsp3) is 0.381. The van der Waals surface area contributed by atoms with Crippen LogP contribution in [-0.4, -0.2) is 30.5 Å². The molecule has 0 aliphatic heterocycles. The number of nitrogens with one attached hydrogen (secondary N) is 1. The van der Waals surface area contributed by atoms with E-state index in [1.807, 2.05) is 0 Å². The third-order valence-electron chi connectivity index (χ3n) is 3.96. The number of rotatable bonds is 10. The number of aromatic hydroxyl groups is 1. The third kappa shape index (κ3) is 8.42. The summed E-state index contributed by atoms with van der Waals surface area (Å²) in [5.74, 6) is -1.04. The number of Topliss-reactive ketones (excluding diaryl/α,β-unsaturated/α-hetero) is 1. The number of methoxy groups -OCH3 is 1. The van der Waals surface area contributed by atoms with Crippen LogP contribution in [0.15, 0.2) is 50.9 Å². The number of halogens is 2.